The third-order valence-corrected chi connectivity index (χ3v) is 3.17. The molecular formula is C16H18O3. The fraction of sp³-hybridized carbons (Fsp3) is 0.250. The molecule has 2 aromatic carbocycles. The smallest absolute Gasteiger partial charge is 0.120 e. The highest BCUT2D eigenvalue weighted by Crippen LogP contribution is 2.20. The molecule has 0 radical (unpaired) electrons. The molecule has 0 saturated heterocycles. The van der Waals surface area contributed by atoms with E-state index in [1.165, 1.54) is 5.56 Å². The first kappa shape index (κ1) is 13.6. The van der Waals surface area contributed by atoms with E-state index in [-0.39, 0.29) is 13.2 Å². The lowest BCUT2D eigenvalue weighted by atomic mass is 10.1. The number of aliphatic hydroxyl groups is 2. The minimum atomic E-state index is -0.0997. The van der Waals surface area contributed by atoms with E-state index in [9.17, 15) is 5.11 Å². The highest BCUT2D eigenvalue weighted by molar-refractivity contribution is 5.35. The number of rotatable bonds is 5. The quantitative estimate of drug-likeness (QED) is 0.866. The molecule has 0 atom stereocenters. The molecule has 0 fully saturated rings. The average Bonchev–Trinajstić information content (AvgIpc) is 2.46. The van der Waals surface area contributed by atoms with E-state index in [2.05, 4.69) is 0 Å². The summed E-state index contributed by atoms with van der Waals surface area (Å²) in [6.07, 6.45) is 0. The van der Waals surface area contributed by atoms with Gasteiger partial charge in [0.05, 0.1) is 13.2 Å². The highest BCUT2D eigenvalue weighted by atomic mass is 16.5. The van der Waals surface area contributed by atoms with Crippen LogP contribution < -0.4 is 4.74 Å². The van der Waals surface area contributed by atoms with Gasteiger partial charge < -0.3 is 14.9 Å². The molecule has 3 heteroatoms. The Labute approximate surface area is 113 Å². The maximum absolute atomic E-state index is 9.24. The number of hydrogen-bond acceptors (Lipinski definition) is 3. The van der Waals surface area contributed by atoms with Gasteiger partial charge in [0.25, 0.3) is 0 Å². The van der Waals surface area contributed by atoms with Crippen LogP contribution in [-0.2, 0) is 19.8 Å². The zero-order chi connectivity index (χ0) is 13.7. The van der Waals surface area contributed by atoms with Crippen molar-refractivity contribution in [1.82, 2.24) is 0 Å². The molecule has 3 nitrogen and oxygen atoms in total. The zero-order valence-electron chi connectivity index (χ0n) is 11.0. The number of aryl methyl sites for hydroxylation is 1. The van der Waals surface area contributed by atoms with Gasteiger partial charge in [-0.2, -0.15) is 0 Å². The van der Waals surface area contributed by atoms with Crippen LogP contribution in [0.4, 0.5) is 0 Å². The number of ether oxygens (including phenoxy) is 1. The van der Waals surface area contributed by atoms with Crippen LogP contribution in [0, 0.1) is 6.92 Å². The summed E-state index contributed by atoms with van der Waals surface area (Å²) in [6.45, 7) is 2.37. The molecule has 0 aliphatic carbocycles. The zero-order valence-corrected chi connectivity index (χ0v) is 11.0. The third kappa shape index (κ3) is 3.34. The number of benzene rings is 2. The molecule has 0 spiro atoms. The molecule has 2 N–H and O–H groups in total. The number of hydrogen-bond donors (Lipinski definition) is 2. The lowest BCUT2D eigenvalue weighted by Crippen LogP contribution is -2.00. The Hall–Kier alpha value is -1.84. The molecule has 0 heterocycles. The van der Waals surface area contributed by atoms with Crippen molar-refractivity contribution in [1.29, 1.82) is 0 Å². The summed E-state index contributed by atoms with van der Waals surface area (Å²) in [4.78, 5) is 0. The van der Waals surface area contributed by atoms with Crippen molar-refractivity contribution in [3.63, 3.8) is 0 Å². The average molecular weight is 258 g/mol. The van der Waals surface area contributed by atoms with E-state index >= 15 is 0 Å². The van der Waals surface area contributed by atoms with Crippen LogP contribution in [0.5, 0.6) is 5.75 Å². The summed E-state index contributed by atoms with van der Waals surface area (Å²) in [7, 11) is 0. The molecule has 100 valence electrons. The fourth-order valence-electron chi connectivity index (χ4n) is 1.93. The first-order valence-electron chi connectivity index (χ1n) is 6.25. The summed E-state index contributed by atoms with van der Waals surface area (Å²) >= 11 is 0. The van der Waals surface area contributed by atoms with Gasteiger partial charge in [-0.1, -0.05) is 30.3 Å². The summed E-state index contributed by atoms with van der Waals surface area (Å²) < 4.78 is 5.72. The standard InChI is InChI=1S/C16H18O3/c1-12-4-2-3-5-14(12)11-19-16-7-6-13(9-17)15(8-16)10-18/h2-8,17-18H,9-11H2,1H3. The SMILES string of the molecule is Cc1ccccc1COc1ccc(CO)c(CO)c1. The molecule has 2 rings (SSSR count). The van der Waals surface area contributed by atoms with Crippen LogP contribution in [0.15, 0.2) is 42.5 Å². The molecule has 0 aliphatic heterocycles. The highest BCUT2D eigenvalue weighted by Gasteiger charge is 2.04. The lowest BCUT2D eigenvalue weighted by Gasteiger charge is -2.11. The normalized spacial score (nSPS) is 10.5. The van der Waals surface area contributed by atoms with Crippen LogP contribution in [0.3, 0.4) is 0 Å². The monoisotopic (exact) mass is 258 g/mol. The van der Waals surface area contributed by atoms with Crippen molar-refractivity contribution in [2.75, 3.05) is 0 Å². The first-order valence-corrected chi connectivity index (χ1v) is 6.25. The van der Waals surface area contributed by atoms with E-state index in [1.54, 1.807) is 12.1 Å². The van der Waals surface area contributed by atoms with Crippen LogP contribution in [0.25, 0.3) is 0 Å². The van der Waals surface area contributed by atoms with Crippen molar-refractivity contribution >= 4 is 0 Å². The molecule has 0 amide bonds. The van der Waals surface area contributed by atoms with E-state index in [4.69, 9.17) is 9.84 Å². The van der Waals surface area contributed by atoms with Crippen LogP contribution >= 0.6 is 0 Å². The number of aliphatic hydroxyl groups excluding tert-OH is 2. The van der Waals surface area contributed by atoms with Gasteiger partial charge in [0.2, 0.25) is 0 Å². The third-order valence-electron chi connectivity index (χ3n) is 3.17. The van der Waals surface area contributed by atoms with Gasteiger partial charge in [-0.25, -0.2) is 0 Å². The van der Waals surface area contributed by atoms with Crippen molar-refractivity contribution in [3.05, 3.63) is 64.7 Å². The van der Waals surface area contributed by atoms with Crippen molar-refractivity contribution in [3.8, 4) is 5.75 Å². The van der Waals surface area contributed by atoms with Gasteiger partial charge in [-0.05, 0) is 41.3 Å². The van der Waals surface area contributed by atoms with E-state index in [1.807, 2.05) is 37.3 Å². The minimum Gasteiger partial charge on any atom is -0.489 e. The minimum absolute atomic E-state index is 0.0754. The van der Waals surface area contributed by atoms with Gasteiger partial charge in [0, 0.05) is 0 Å². The molecular weight excluding hydrogens is 240 g/mol. The second-order valence-corrected chi connectivity index (χ2v) is 4.46. The summed E-state index contributed by atoms with van der Waals surface area (Å²) in [5.74, 6) is 0.699. The maximum Gasteiger partial charge on any atom is 0.120 e. The first-order chi connectivity index (χ1) is 9.24. The van der Waals surface area contributed by atoms with Crippen molar-refractivity contribution < 1.29 is 14.9 Å². The Morgan fingerprint density at radius 2 is 1.63 bits per heavy atom. The van der Waals surface area contributed by atoms with E-state index < -0.39 is 0 Å². The molecule has 2 aromatic rings. The summed E-state index contributed by atoms with van der Waals surface area (Å²) in [5.41, 5.74) is 3.76. The second kappa shape index (κ2) is 6.36. The predicted molar refractivity (Wildman–Crippen MR) is 73.8 cm³/mol. The fourth-order valence-corrected chi connectivity index (χ4v) is 1.93. The molecule has 0 bridgehead atoms. The second-order valence-electron chi connectivity index (χ2n) is 4.46. The predicted octanol–water partition coefficient (Wildman–Crippen LogP) is 2.56. The van der Waals surface area contributed by atoms with Gasteiger partial charge in [0.15, 0.2) is 0 Å². The topological polar surface area (TPSA) is 49.7 Å². The van der Waals surface area contributed by atoms with Crippen molar-refractivity contribution in [2.45, 2.75) is 26.7 Å². The molecule has 0 aliphatic rings. The van der Waals surface area contributed by atoms with Crippen molar-refractivity contribution in [2.24, 2.45) is 0 Å². The van der Waals surface area contributed by atoms with Gasteiger partial charge >= 0.3 is 0 Å². The Balaban J connectivity index is 2.10. The molecule has 0 unspecified atom stereocenters. The Bertz CT molecular complexity index is 549. The van der Waals surface area contributed by atoms with Gasteiger partial charge in [-0.15, -0.1) is 0 Å². The molecule has 0 aromatic heterocycles. The van der Waals surface area contributed by atoms with Gasteiger partial charge in [0.1, 0.15) is 12.4 Å². The van der Waals surface area contributed by atoms with Crippen LogP contribution in [0.2, 0.25) is 0 Å². The summed E-state index contributed by atoms with van der Waals surface area (Å²) in [5, 5.41) is 18.4. The van der Waals surface area contributed by atoms with E-state index in [0.29, 0.717) is 17.9 Å². The Morgan fingerprint density at radius 1 is 0.895 bits per heavy atom. The maximum atomic E-state index is 9.24. The Kier molecular flexibility index (Phi) is 4.55. The van der Waals surface area contributed by atoms with E-state index in [0.717, 1.165) is 11.1 Å². The molecule has 0 saturated carbocycles. The summed E-state index contributed by atoms with van der Waals surface area (Å²) in [6, 6.07) is 13.4. The van der Waals surface area contributed by atoms with Crippen LogP contribution in [0.1, 0.15) is 22.3 Å². The molecule has 19 heavy (non-hydrogen) atoms. The largest absolute Gasteiger partial charge is 0.489 e. The Morgan fingerprint density at radius 3 is 2.32 bits per heavy atom. The van der Waals surface area contributed by atoms with Gasteiger partial charge in [-0.3, -0.25) is 0 Å². The van der Waals surface area contributed by atoms with Crippen LogP contribution in [-0.4, -0.2) is 10.2 Å². The lowest BCUT2D eigenvalue weighted by molar-refractivity contribution is 0.257.